The van der Waals surface area contributed by atoms with Crippen molar-refractivity contribution in [3.63, 3.8) is 0 Å². The van der Waals surface area contributed by atoms with Gasteiger partial charge in [-0.15, -0.1) is 0 Å². The van der Waals surface area contributed by atoms with Crippen LogP contribution < -0.4 is 5.32 Å². The SMILES string of the molecule is CC(C)(C)OC(=O)N1CC(N[C@H](C#N)c2cccnc2)C1. The van der Waals surface area contributed by atoms with Crippen LogP contribution >= 0.6 is 0 Å². The molecule has 1 aromatic rings. The number of ether oxygens (including phenoxy) is 1. The monoisotopic (exact) mass is 288 g/mol. The Hall–Kier alpha value is -2.13. The van der Waals surface area contributed by atoms with Gasteiger partial charge in [0.15, 0.2) is 0 Å². The molecule has 1 fully saturated rings. The van der Waals surface area contributed by atoms with Gasteiger partial charge in [0.2, 0.25) is 0 Å². The fraction of sp³-hybridized carbons (Fsp3) is 0.533. The lowest BCUT2D eigenvalue weighted by atomic mass is 10.1. The molecule has 0 bridgehead atoms. The summed E-state index contributed by atoms with van der Waals surface area (Å²) in [5.74, 6) is 0. The third-order valence-corrected chi connectivity index (χ3v) is 3.08. The molecule has 1 saturated heterocycles. The van der Waals surface area contributed by atoms with E-state index in [-0.39, 0.29) is 12.1 Å². The van der Waals surface area contributed by atoms with Gasteiger partial charge in [0.05, 0.1) is 6.07 Å². The lowest BCUT2D eigenvalue weighted by molar-refractivity contribution is 0.00474. The molecule has 0 saturated carbocycles. The highest BCUT2D eigenvalue weighted by Crippen LogP contribution is 2.18. The summed E-state index contributed by atoms with van der Waals surface area (Å²) in [6.07, 6.45) is 3.03. The molecule has 0 spiro atoms. The average Bonchev–Trinajstić information content (AvgIpc) is 2.36. The molecule has 112 valence electrons. The van der Waals surface area contributed by atoms with Crippen LogP contribution in [0.2, 0.25) is 0 Å². The zero-order chi connectivity index (χ0) is 15.5. The number of pyridine rings is 1. The van der Waals surface area contributed by atoms with Gasteiger partial charge in [-0.25, -0.2) is 4.79 Å². The van der Waals surface area contributed by atoms with Crippen molar-refractivity contribution in [3.8, 4) is 6.07 Å². The van der Waals surface area contributed by atoms with Crippen molar-refractivity contribution in [1.29, 1.82) is 5.26 Å². The number of carbonyl (C=O) groups is 1. The summed E-state index contributed by atoms with van der Waals surface area (Å²) in [6.45, 7) is 6.62. The van der Waals surface area contributed by atoms with Gasteiger partial charge in [-0.3, -0.25) is 10.3 Å². The van der Waals surface area contributed by atoms with E-state index < -0.39 is 11.6 Å². The first-order chi connectivity index (χ1) is 9.89. The van der Waals surface area contributed by atoms with Crippen LogP contribution in [0, 0.1) is 11.3 Å². The zero-order valence-corrected chi connectivity index (χ0v) is 12.5. The summed E-state index contributed by atoms with van der Waals surface area (Å²) in [7, 11) is 0. The standard InChI is InChI=1S/C15H20N4O2/c1-15(2,3)21-14(20)19-9-12(10-19)18-13(7-16)11-5-4-6-17-8-11/h4-6,8,12-13,18H,9-10H2,1-3H3/t13-/m1/s1. The normalized spacial score (nSPS) is 16.8. The Morgan fingerprint density at radius 1 is 1.57 bits per heavy atom. The smallest absolute Gasteiger partial charge is 0.410 e. The molecular weight excluding hydrogens is 268 g/mol. The lowest BCUT2D eigenvalue weighted by Gasteiger charge is -2.40. The van der Waals surface area contributed by atoms with Crippen LogP contribution in [0.5, 0.6) is 0 Å². The fourth-order valence-electron chi connectivity index (χ4n) is 2.05. The molecule has 6 heteroatoms. The van der Waals surface area contributed by atoms with Crippen LogP contribution in [0.25, 0.3) is 0 Å². The molecule has 1 aromatic heterocycles. The van der Waals surface area contributed by atoms with Crippen LogP contribution in [-0.4, -0.2) is 40.7 Å². The number of nitrogens with one attached hydrogen (secondary N) is 1. The molecule has 0 radical (unpaired) electrons. The summed E-state index contributed by atoms with van der Waals surface area (Å²) in [5.41, 5.74) is 0.344. The summed E-state index contributed by atoms with van der Waals surface area (Å²) in [4.78, 5) is 17.5. The van der Waals surface area contributed by atoms with E-state index in [0.29, 0.717) is 13.1 Å². The predicted molar refractivity (Wildman–Crippen MR) is 77.3 cm³/mol. The number of carbonyl (C=O) groups excluding carboxylic acids is 1. The second-order valence-corrected chi connectivity index (χ2v) is 6.10. The maximum absolute atomic E-state index is 11.8. The van der Waals surface area contributed by atoms with Crippen LogP contribution in [0.3, 0.4) is 0 Å². The first-order valence-corrected chi connectivity index (χ1v) is 6.92. The quantitative estimate of drug-likeness (QED) is 0.918. The predicted octanol–water partition coefficient (Wildman–Crippen LogP) is 1.86. The van der Waals surface area contributed by atoms with Crippen molar-refractivity contribution in [3.05, 3.63) is 30.1 Å². The Kier molecular flexibility index (Phi) is 4.43. The van der Waals surface area contributed by atoms with Crippen molar-refractivity contribution < 1.29 is 9.53 Å². The van der Waals surface area contributed by atoms with Crippen LogP contribution in [0.15, 0.2) is 24.5 Å². The van der Waals surface area contributed by atoms with Gasteiger partial charge in [-0.05, 0) is 26.8 Å². The van der Waals surface area contributed by atoms with E-state index in [0.717, 1.165) is 5.56 Å². The second kappa shape index (κ2) is 6.10. The van der Waals surface area contributed by atoms with Gasteiger partial charge < -0.3 is 9.64 Å². The Bertz CT molecular complexity index is 527. The van der Waals surface area contributed by atoms with Crippen molar-refractivity contribution in [2.24, 2.45) is 0 Å². The fourth-order valence-corrected chi connectivity index (χ4v) is 2.05. The van der Waals surface area contributed by atoms with E-state index >= 15 is 0 Å². The van der Waals surface area contributed by atoms with Crippen LogP contribution in [0.1, 0.15) is 32.4 Å². The zero-order valence-electron chi connectivity index (χ0n) is 12.5. The van der Waals surface area contributed by atoms with Gasteiger partial charge in [0, 0.05) is 37.1 Å². The van der Waals surface area contributed by atoms with Gasteiger partial charge in [0.25, 0.3) is 0 Å². The number of likely N-dealkylation sites (tertiary alicyclic amines) is 1. The van der Waals surface area contributed by atoms with E-state index in [9.17, 15) is 10.1 Å². The van der Waals surface area contributed by atoms with Gasteiger partial charge in [-0.1, -0.05) is 6.07 Å². The number of hydrogen-bond donors (Lipinski definition) is 1. The Morgan fingerprint density at radius 3 is 2.81 bits per heavy atom. The minimum Gasteiger partial charge on any atom is -0.444 e. The summed E-state index contributed by atoms with van der Waals surface area (Å²) in [6, 6.07) is 5.56. The molecule has 21 heavy (non-hydrogen) atoms. The van der Waals surface area contributed by atoms with Crippen molar-refractivity contribution >= 4 is 6.09 Å². The number of rotatable bonds is 3. The maximum Gasteiger partial charge on any atom is 0.410 e. The Labute approximate surface area is 124 Å². The van der Waals surface area contributed by atoms with E-state index in [1.54, 1.807) is 23.4 Å². The highest BCUT2D eigenvalue weighted by molar-refractivity contribution is 5.69. The largest absolute Gasteiger partial charge is 0.444 e. The van der Waals surface area contributed by atoms with E-state index in [4.69, 9.17) is 4.74 Å². The highest BCUT2D eigenvalue weighted by Gasteiger charge is 2.34. The maximum atomic E-state index is 11.8. The third kappa shape index (κ3) is 4.17. The average molecular weight is 288 g/mol. The molecule has 1 aliphatic heterocycles. The number of nitrogens with zero attached hydrogens (tertiary/aromatic N) is 3. The second-order valence-electron chi connectivity index (χ2n) is 6.10. The van der Waals surface area contributed by atoms with E-state index in [2.05, 4.69) is 16.4 Å². The molecule has 1 amide bonds. The minimum absolute atomic E-state index is 0.0994. The van der Waals surface area contributed by atoms with E-state index in [1.165, 1.54) is 0 Å². The number of amides is 1. The molecule has 2 rings (SSSR count). The van der Waals surface area contributed by atoms with Crippen molar-refractivity contribution in [1.82, 2.24) is 15.2 Å². The summed E-state index contributed by atoms with van der Waals surface area (Å²) in [5, 5.41) is 12.4. The van der Waals surface area contributed by atoms with Gasteiger partial charge >= 0.3 is 6.09 Å². The van der Waals surface area contributed by atoms with Crippen molar-refractivity contribution in [2.75, 3.05) is 13.1 Å². The van der Waals surface area contributed by atoms with Crippen molar-refractivity contribution in [2.45, 2.75) is 38.5 Å². The molecule has 1 aliphatic rings. The molecule has 1 N–H and O–H groups in total. The third-order valence-electron chi connectivity index (χ3n) is 3.08. The number of hydrogen-bond acceptors (Lipinski definition) is 5. The Balaban J connectivity index is 1.82. The first-order valence-electron chi connectivity index (χ1n) is 6.92. The molecule has 2 heterocycles. The number of aromatic nitrogens is 1. The molecule has 6 nitrogen and oxygen atoms in total. The highest BCUT2D eigenvalue weighted by atomic mass is 16.6. The number of nitriles is 1. The molecular formula is C15H20N4O2. The minimum atomic E-state index is -0.486. The van der Waals surface area contributed by atoms with Crippen LogP contribution in [-0.2, 0) is 4.74 Å². The van der Waals surface area contributed by atoms with Crippen LogP contribution in [0.4, 0.5) is 4.79 Å². The molecule has 0 unspecified atom stereocenters. The lowest BCUT2D eigenvalue weighted by Crippen LogP contribution is -2.60. The topological polar surface area (TPSA) is 78.2 Å². The molecule has 1 atom stereocenters. The van der Waals surface area contributed by atoms with Gasteiger partial charge in [0.1, 0.15) is 11.6 Å². The Morgan fingerprint density at radius 2 is 2.29 bits per heavy atom. The summed E-state index contributed by atoms with van der Waals surface area (Å²) < 4.78 is 5.29. The molecule has 0 aromatic carbocycles. The van der Waals surface area contributed by atoms with E-state index in [1.807, 2.05) is 26.8 Å². The first kappa shape index (κ1) is 15.3. The van der Waals surface area contributed by atoms with Gasteiger partial charge in [-0.2, -0.15) is 5.26 Å². The summed E-state index contributed by atoms with van der Waals surface area (Å²) >= 11 is 0. The molecule has 0 aliphatic carbocycles.